The van der Waals surface area contributed by atoms with E-state index in [2.05, 4.69) is 19.9 Å². The second-order valence-electron chi connectivity index (χ2n) is 5.83. The van der Waals surface area contributed by atoms with Gasteiger partial charge in [0.15, 0.2) is 0 Å². The van der Waals surface area contributed by atoms with Gasteiger partial charge >= 0.3 is 23.1 Å². The zero-order valence-electron chi connectivity index (χ0n) is 14.5. The Hall–Kier alpha value is -2.63. The topological polar surface area (TPSA) is 55.2 Å². The Morgan fingerprint density at radius 1 is 0.615 bits per heavy atom. The van der Waals surface area contributed by atoms with Crippen LogP contribution in [0.15, 0.2) is 48.5 Å². The maximum atomic E-state index is 4.61. The van der Waals surface area contributed by atoms with Gasteiger partial charge in [-0.1, -0.05) is 36.4 Å². The van der Waals surface area contributed by atoms with E-state index in [1.54, 1.807) is 0 Å². The first-order chi connectivity index (χ1) is 11.8. The summed E-state index contributed by atoms with van der Waals surface area (Å²) >= 11 is 0. The van der Waals surface area contributed by atoms with Crippen molar-refractivity contribution in [3.63, 3.8) is 0 Å². The van der Waals surface area contributed by atoms with Crippen LogP contribution in [0.1, 0.15) is 22.8 Å². The van der Waals surface area contributed by atoms with Crippen LogP contribution in [0, 0.1) is 7.43 Å². The van der Waals surface area contributed by atoms with Crippen LogP contribution < -0.4 is 15.0 Å². The number of hydrogen-bond donors (Lipinski definition) is 0. The summed E-state index contributed by atoms with van der Waals surface area (Å²) in [6.07, 6.45) is 8.08. The Labute approximate surface area is 167 Å². The molecule has 3 aromatic heterocycles. The third kappa shape index (κ3) is 3.64. The maximum absolute atomic E-state index is 4.61. The van der Waals surface area contributed by atoms with E-state index in [0.29, 0.717) is 0 Å². The molecular weight excluding hydrogens is 333 g/mol. The molecule has 0 saturated carbocycles. The second kappa shape index (κ2) is 7.31. The molecular formula is C21H16MgN4. The molecule has 0 fully saturated rings. The number of fused-ring (bicyclic) bond motifs is 8. The molecule has 0 aromatic carbocycles. The van der Waals surface area contributed by atoms with Crippen LogP contribution in [-0.4, -0.2) is 28.0 Å². The molecule has 0 amide bonds. The van der Waals surface area contributed by atoms with E-state index in [1.807, 2.05) is 72.8 Å². The van der Waals surface area contributed by atoms with Gasteiger partial charge in [0.25, 0.3) is 0 Å². The first kappa shape index (κ1) is 18.2. The maximum Gasteiger partial charge on any atom is 2.00 e. The van der Waals surface area contributed by atoms with Crippen LogP contribution in [0.2, 0.25) is 0 Å². The zero-order chi connectivity index (χ0) is 15.9. The van der Waals surface area contributed by atoms with E-state index in [-0.39, 0.29) is 30.5 Å². The Balaban J connectivity index is 0.000000980. The third-order valence-electron chi connectivity index (χ3n) is 3.98. The second-order valence-corrected chi connectivity index (χ2v) is 5.83. The van der Waals surface area contributed by atoms with E-state index in [9.17, 15) is 0 Å². The van der Waals surface area contributed by atoms with Crippen molar-refractivity contribution in [1.29, 1.82) is 0 Å². The van der Waals surface area contributed by atoms with E-state index < -0.39 is 0 Å². The van der Waals surface area contributed by atoms with Crippen molar-refractivity contribution in [3.8, 4) is 0 Å². The molecule has 26 heavy (non-hydrogen) atoms. The van der Waals surface area contributed by atoms with Crippen molar-refractivity contribution in [3.05, 3.63) is 78.7 Å². The van der Waals surface area contributed by atoms with Gasteiger partial charge in [0.05, 0.1) is 11.4 Å². The fourth-order valence-corrected chi connectivity index (χ4v) is 2.89. The van der Waals surface area contributed by atoms with Crippen molar-refractivity contribution in [2.75, 3.05) is 0 Å². The molecule has 0 atom stereocenters. The van der Waals surface area contributed by atoms with Gasteiger partial charge in [-0.3, -0.25) is 0 Å². The Morgan fingerprint density at radius 2 is 1.04 bits per heavy atom. The van der Waals surface area contributed by atoms with Crippen LogP contribution in [-0.2, 0) is 0 Å². The number of nitrogens with one attached hydrogen (secondary N) is 1. The predicted octanol–water partition coefficient (Wildman–Crippen LogP) is 3.40. The Morgan fingerprint density at radius 3 is 1.50 bits per heavy atom. The molecule has 5 rings (SSSR count). The molecule has 2 aliphatic rings. The summed E-state index contributed by atoms with van der Waals surface area (Å²) in [4.78, 5) is 17.2. The first-order valence-electron chi connectivity index (χ1n) is 7.79. The molecule has 4 nitrogen and oxygen atoms in total. The van der Waals surface area contributed by atoms with E-state index in [4.69, 9.17) is 0 Å². The van der Waals surface area contributed by atoms with Crippen LogP contribution >= 0.6 is 0 Å². The number of rotatable bonds is 0. The molecule has 0 saturated heterocycles. The van der Waals surface area contributed by atoms with Crippen LogP contribution in [0.4, 0.5) is 0 Å². The SMILES string of the molecule is C1=Cc2cc3ccc(cc4[nH+]c(cc5ccc(cc1n2)[n-]5)C=C4)[n-]3.[CH3-].[Mg+2]. The number of H-pyrrole nitrogens is 1. The molecule has 3 aromatic rings. The van der Waals surface area contributed by atoms with Crippen molar-refractivity contribution in [1.82, 2.24) is 15.0 Å². The quantitative estimate of drug-likeness (QED) is 0.318. The molecule has 122 valence electrons. The molecule has 0 radical (unpaired) electrons. The molecule has 5 heteroatoms. The summed E-state index contributed by atoms with van der Waals surface area (Å²) in [5.74, 6) is 0. The van der Waals surface area contributed by atoms with E-state index in [1.165, 1.54) is 0 Å². The molecule has 0 spiro atoms. The zero-order valence-corrected chi connectivity index (χ0v) is 15.9. The summed E-state index contributed by atoms with van der Waals surface area (Å²) in [7, 11) is 0. The molecule has 0 aliphatic carbocycles. The fourth-order valence-electron chi connectivity index (χ4n) is 2.89. The molecule has 8 bridgehead atoms. The van der Waals surface area contributed by atoms with Gasteiger partial charge in [-0.05, 0) is 24.3 Å². The average Bonchev–Trinajstić information content (AvgIpc) is 3.32. The predicted molar refractivity (Wildman–Crippen MR) is 108 cm³/mol. The van der Waals surface area contributed by atoms with Crippen LogP contribution in [0.3, 0.4) is 0 Å². The third-order valence-corrected chi connectivity index (χ3v) is 3.98. The number of aromatic nitrogens is 4. The van der Waals surface area contributed by atoms with Gasteiger partial charge in [0.1, 0.15) is 0 Å². The summed E-state index contributed by atoms with van der Waals surface area (Å²) in [5.41, 5.74) is 7.50. The van der Waals surface area contributed by atoms with E-state index in [0.717, 1.165) is 44.8 Å². The normalized spacial score (nSPS) is 11.7. The van der Waals surface area contributed by atoms with Gasteiger partial charge < -0.3 is 17.4 Å². The Kier molecular flexibility index (Phi) is 5.11. The van der Waals surface area contributed by atoms with Crippen molar-refractivity contribution < 1.29 is 4.98 Å². The van der Waals surface area contributed by atoms with Crippen molar-refractivity contribution in [2.24, 2.45) is 0 Å². The summed E-state index contributed by atoms with van der Waals surface area (Å²) < 4.78 is 0. The van der Waals surface area contributed by atoms with Gasteiger partial charge in [0, 0.05) is 12.2 Å². The van der Waals surface area contributed by atoms with Crippen molar-refractivity contribution >= 4 is 69.4 Å². The van der Waals surface area contributed by atoms with Crippen LogP contribution in [0.25, 0.3) is 46.4 Å². The van der Waals surface area contributed by atoms with Gasteiger partial charge in [-0.2, -0.15) is 0 Å². The minimum Gasteiger partial charge on any atom is -0.658 e. The van der Waals surface area contributed by atoms with Gasteiger partial charge in [0.2, 0.25) is 11.4 Å². The Bertz CT molecular complexity index is 990. The molecule has 2 aliphatic heterocycles. The van der Waals surface area contributed by atoms with Gasteiger partial charge in [-0.15, -0.1) is 22.1 Å². The first-order valence-corrected chi connectivity index (χ1v) is 7.79. The summed E-state index contributed by atoms with van der Waals surface area (Å²) in [6.45, 7) is 0. The monoisotopic (exact) mass is 348 g/mol. The van der Waals surface area contributed by atoms with Crippen LogP contribution in [0.5, 0.6) is 0 Å². The molecule has 1 N–H and O–H groups in total. The molecule has 0 unspecified atom stereocenters. The average molecular weight is 349 g/mol. The number of hydrogen-bond acceptors (Lipinski definition) is 1. The van der Waals surface area contributed by atoms with Gasteiger partial charge in [-0.25, -0.2) is 9.97 Å². The summed E-state index contributed by atoms with van der Waals surface area (Å²) in [5, 5.41) is 0. The largest absolute Gasteiger partial charge is 2.00 e. The van der Waals surface area contributed by atoms with Crippen molar-refractivity contribution in [2.45, 2.75) is 0 Å². The standard InChI is InChI=1S/C20H12N4.CH3.Mg/c1-2-14-10-16-5-6-18(23-16)12-20-8-7-19(24-20)11-17-4-3-15(22-17)9-13(1)21-14;;/h1-12H;1H3;/q-2;-1;+2/p+1. The number of aromatic amines is 1. The fraction of sp³-hybridized carbons (Fsp3) is 0. The number of nitrogens with zero attached hydrogens (tertiary/aromatic N) is 3. The minimum atomic E-state index is 0. The molecule has 5 heterocycles. The minimum absolute atomic E-state index is 0. The summed E-state index contributed by atoms with van der Waals surface area (Å²) in [6, 6.07) is 16.1. The van der Waals surface area contributed by atoms with E-state index >= 15 is 0 Å². The smallest absolute Gasteiger partial charge is 0.658 e.